The van der Waals surface area contributed by atoms with Crippen molar-refractivity contribution in [3.8, 4) is 5.75 Å². The fourth-order valence-corrected chi connectivity index (χ4v) is 2.55. The van der Waals surface area contributed by atoms with E-state index in [1.54, 1.807) is 19.5 Å². The van der Waals surface area contributed by atoms with Gasteiger partial charge in [0.05, 0.1) is 24.2 Å². The van der Waals surface area contributed by atoms with Crippen LogP contribution in [0.5, 0.6) is 5.75 Å². The standard InChI is InChI=1S/C17H17N3O/c1-18-16(12-6-8-13(21-2)9-7-12)14-4-3-5-15-17(14)20-11-10-19-15/h3-11,16,18H,1-2H3. The number of nitrogens with one attached hydrogen (secondary N) is 1. The van der Waals surface area contributed by atoms with Crippen LogP contribution in [0.1, 0.15) is 17.2 Å². The summed E-state index contributed by atoms with van der Waals surface area (Å²) in [6, 6.07) is 14.2. The highest BCUT2D eigenvalue weighted by Crippen LogP contribution is 2.27. The van der Waals surface area contributed by atoms with E-state index in [9.17, 15) is 0 Å². The topological polar surface area (TPSA) is 47.0 Å². The Labute approximate surface area is 123 Å². The van der Waals surface area contributed by atoms with Gasteiger partial charge >= 0.3 is 0 Å². The fraction of sp³-hybridized carbons (Fsp3) is 0.176. The molecular weight excluding hydrogens is 262 g/mol. The molecule has 21 heavy (non-hydrogen) atoms. The first-order valence-corrected chi connectivity index (χ1v) is 6.84. The van der Waals surface area contributed by atoms with Crippen LogP contribution < -0.4 is 10.1 Å². The minimum atomic E-state index is 0.0660. The third-order valence-corrected chi connectivity index (χ3v) is 3.58. The molecule has 0 amide bonds. The maximum Gasteiger partial charge on any atom is 0.118 e. The van der Waals surface area contributed by atoms with Gasteiger partial charge in [0, 0.05) is 18.0 Å². The second kappa shape index (κ2) is 5.89. The lowest BCUT2D eigenvalue weighted by Crippen LogP contribution is -2.18. The molecule has 0 aliphatic heterocycles. The summed E-state index contributed by atoms with van der Waals surface area (Å²) in [6.45, 7) is 0. The third kappa shape index (κ3) is 2.58. The average Bonchev–Trinajstić information content (AvgIpc) is 2.56. The van der Waals surface area contributed by atoms with Crippen molar-refractivity contribution in [2.24, 2.45) is 0 Å². The Morgan fingerprint density at radius 1 is 1.00 bits per heavy atom. The van der Waals surface area contributed by atoms with Crippen LogP contribution in [0.4, 0.5) is 0 Å². The van der Waals surface area contributed by atoms with Crippen LogP contribution in [-0.4, -0.2) is 24.1 Å². The Bertz CT molecular complexity index is 735. The van der Waals surface area contributed by atoms with Crippen molar-refractivity contribution in [1.82, 2.24) is 15.3 Å². The highest BCUT2D eigenvalue weighted by molar-refractivity contribution is 5.78. The third-order valence-electron chi connectivity index (χ3n) is 3.58. The Morgan fingerprint density at radius 3 is 2.48 bits per heavy atom. The van der Waals surface area contributed by atoms with Crippen molar-refractivity contribution in [3.05, 3.63) is 66.0 Å². The number of aromatic nitrogens is 2. The summed E-state index contributed by atoms with van der Waals surface area (Å²) in [7, 11) is 3.62. The first-order chi connectivity index (χ1) is 10.3. The smallest absolute Gasteiger partial charge is 0.118 e. The summed E-state index contributed by atoms with van der Waals surface area (Å²) < 4.78 is 5.22. The summed E-state index contributed by atoms with van der Waals surface area (Å²) in [6.07, 6.45) is 3.44. The molecular formula is C17H17N3O. The van der Waals surface area contributed by atoms with Gasteiger partial charge in [-0.05, 0) is 30.8 Å². The zero-order valence-electron chi connectivity index (χ0n) is 12.1. The van der Waals surface area contributed by atoms with E-state index in [-0.39, 0.29) is 6.04 Å². The van der Waals surface area contributed by atoms with Gasteiger partial charge in [-0.3, -0.25) is 9.97 Å². The number of fused-ring (bicyclic) bond motifs is 1. The molecule has 1 heterocycles. The normalized spacial score (nSPS) is 12.3. The van der Waals surface area contributed by atoms with E-state index >= 15 is 0 Å². The van der Waals surface area contributed by atoms with Crippen molar-refractivity contribution < 1.29 is 4.74 Å². The average molecular weight is 279 g/mol. The maximum atomic E-state index is 5.22. The molecule has 0 saturated carbocycles. The van der Waals surface area contributed by atoms with Gasteiger partial charge in [0.15, 0.2) is 0 Å². The first-order valence-electron chi connectivity index (χ1n) is 6.84. The first kappa shape index (κ1) is 13.5. The molecule has 3 rings (SSSR count). The molecule has 0 radical (unpaired) electrons. The van der Waals surface area contributed by atoms with Gasteiger partial charge in [0.25, 0.3) is 0 Å². The lowest BCUT2D eigenvalue weighted by atomic mass is 9.97. The summed E-state index contributed by atoms with van der Waals surface area (Å²) >= 11 is 0. The predicted molar refractivity (Wildman–Crippen MR) is 83.4 cm³/mol. The molecule has 106 valence electrons. The largest absolute Gasteiger partial charge is 0.497 e. The number of para-hydroxylation sites is 1. The fourth-order valence-electron chi connectivity index (χ4n) is 2.55. The lowest BCUT2D eigenvalue weighted by molar-refractivity contribution is 0.414. The maximum absolute atomic E-state index is 5.22. The minimum Gasteiger partial charge on any atom is -0.497 e. The van der Waals surface area contributed by atoms with Gasteiger partial charge in [0.1, 0.15) is 5.75 Å². The molecule has 1 unspecified atom stereocenters. The number of methoxy groups -OCH3 is 1. The monoisotopic (exact) mass is 279 g/mol. The SMILES string of the molecule is CNC(c1ccc(OC)cc1)c1cccc2nccnc12. The summed E-state index contributed by atoms with van der Waals surface area (Å²) in [4.78, 5) is 8.85. The number of nitrogens with zero attached hydrogens (tertiary/aromatic N) is 2. The molecule has 0 aliphatic carbocycles. The highest BCUT2D eigenvalue weighted by Gasteiger charge is 2.15. The van der Waals surface area contributed by atoms with Gasteiger partial charge in [-0.1, -0.05) is 24.3 Å². The van der Waals surface area contributed by atoms with Crippen LogP contribution in [0.25, 0.3) is 11.0 Å². The van der Waals surface area contributed by atoms with Crippen LogP contribution in [0.15, 0.2) is 54.9 Å². The Hall–Kier alpha value is -2.46. The van der Waals surface area contributed by atoms with Crippen molar-refractivity contribution in [2.75, 3.05) is 14.2 Å². The second-order valence-electron chi connectivity index (χ2n) is 4.77. The number of benzene rings is 2. The summed E-state index contributed by atoms with van der Waals surface area (Å²) in [5, 5.41) is 3.36. The zero-order chi connectivity index (χ0) is 14.7. The van der Waals surface area contributed by atoms with Gasteiger partial charge in [-0.25, -0.2) is 0 Å². The van der Waals surface area contributed by atoms with Gasteiger partial charge in [-0.2, -0.15) is 0 Å². The molecule has 2 aromatic carbocycles. The van der Waals surface area contributed by atoms with E-state index in [0.29, 0.717) is 0 Å². The van der Waals surface area contributed by atoms with Crippen molar-refractivity contribution in [1.29, 1.82) is 0 Å². The molecule has 0 aliphatic rings. The van der Waals surface area contributed by atoms with Crippen LogP contribution >= 0.6 is 0 Å². The predicted octanol–water partition coefficient (Wildman–Crippen LogP) is 2.95. The van der Waals surface area contributed by atoms with E-state index in [4.69, 9.17) is 4.74 Å². The second-order valence-corrected chi connectivity index (χ2v) is 4.77. The van der Waals surface area contributed by atoms with Crippen molar-refractivity contribution in [3.63, 3.8) is 0 Å². The summed E-state index contributed by atoms with van der Waals surface area (Å²) in [5.74, 6) is 0.853. The van der Waals surface area contributed by atoms with Crippen LogP contribution in [0.2, 0.25) is 0 Å². The van der Waals surface area contributed by atoms with E-state index in [2.05, 4.69) is 33.5 Å². The van der Waals surface area contributed by atoms with Crippen LogP contribution in [-0.2, 0) is 0 Å². The summed E-state index contributed by atoms with van der Waals surface area (Å²) in [5.41, 5.74) is 4.11. The quantitative estimate of drug-likeness (QED) is 0.797. The van der Waals surface area contributed by atoms with Gasteiger partial charge in [-0.15, -0.1) is 0 Å². The molecule has 4 nitrogen and oxygen atoms in total. The van der Waals surface area contributed by atoms with E-state index in [1.165, 1.54) is 0 Å². The molecule has 0 fully saturated rings. The Morgan fingerprint density at radius 2 is 1.76 bits per heavy atom. The molecule has 0 bridgehead atoms. The van der Waals surface area contributed by atoms with E-state index in [0.717, 1.165) is 27.9 Å². The van der Waals surface area contributed by atoms with Crippen LogP contribution in [0.3, 0.4) is 0 Å². The zero-order valence-corrected chi connectivity index (χ0v) is 12.1. The molecule has 1 N–H and O–H groups in total. The van der Waals surface area contributed by atoms with E-state index in [1.807, 2.05) is 31.3 Å². The molecule has 0 saturated heterocycles. The highest BCUT2D eigenvalue weighted by atomic mass is 16.5. The lowest BCUT2D eigenvalue weighted by Gasteiger charge is -2.18. The molecule has 1 atom stereocenters. The number of rotatable bonds is 4. The van der Waals surface area contributed by atoms with Gasteiger partial charge in [0.2, 0.25) is 0 Å². The number of hydrogen-bond donors (Lipinski definition) is 1. The molecule has 0 spiro atoms. The number of hydrogen-bond acceptors (Lipinski definition) is 4. The Balaban J connectivity index is 2.09. The van der Waals surface area contributed by atoms with Crippen molar-refractivity contribution in [2.45, 2.75) is 6.04 Å². The van der Waals surface area contributed by atoms with Gasteiger partial charge < -0.3 is 10.1 Å². The molecule has 3 aromatic rings. The molecule has 4 heteroatoms. The number of ether oxygens (including phenoxy) is 1. The minimum absolute atomic E-state index is 0.0660. The van der Waals surface area contributed by atoms with Crippen molar-refractivity contribution >= 4 is 11.0 Å². The Kier molecular flexibility index (Phi) is 3.79. The van der Waals surface area contributed by atoms with Crippen LogP contribution in [0, 0.1) is 0 Å². The molecule has 1 aromatic heterocycles. The van der Waals surface area contributed by atoms with E-state index < -0.39 is 0 Å².